The second-order valence-corrected chi connectivity index (χ2v) is 5.08. The molecule has 0 N–H and O–H groups in total. The lowest BCUT2D eigenvalue weighted by atomic mass is 10.0. The highest BCUT2D eigenvalue weighted by Crippen LogP contribution is 2.43. The van der Waals surface area contributed by atoms with Crippen LogP contribution in [0.1, 0.15) is 12.5 Å². The van der Waals surface area contributed by atoms with Crippen LogP contribution in [0.5, 0.6) is 11.5 Å². The number of ketones is 1. The highest BCUT2D eigenvalue weighted by atomic mass is 79.9. The average Bonchev–Trinajstić information content (AvgIpc) is 2.39. The van der Waals surface area contributed by atoms with Crippen molar-refractivity contribution in [1.82, 2.24) is 0 Å². The van der Waals surface area contributed by atoms with Gasteiger partial charge < -0.3 is 9.47 Å². The van der Waals surface area contributed by atoms with Crippen molar-refractivity contribution >= 4 is 32.5 Å². The van der Waals surface area contributed by atoms with Gasteiger partial charge in [-0.3, -0.25) is 4.79 Å². The van der Waals surface area contributed by atoms with Crippen LogP contribution in [0.15, 0.2) is 28.7 Å². The van der Waals surface area contributed by atoms with Crippen molar-refractivity contribution in [1.29, 1.82) is 0 Å². The molecule has 0 amide bonds. The van der Waals surface area contributed by atoms with Gasteiger partial charge in [-0.1, -0.05) is 24.3 Å². The highest BCUT2D eigenvalue weighted by molar-refractivity contribution is 9.10. The average molecular weight is 323 g/mol. The lowest BCUT2D eigenvalue weighted by molar-refractivity contribution is -0.116. The fraction of sp³-hybridized carbons (Fsp3) is 0.267. The van der Waals surface area contributed by atoms with Crippen molar-refractivity contribution in [2.45, 2.75) is 13.3 Å². The molecule has 0 aromatic heterocycles. The Kier molecular flexibility index (Phi) is 4.10. The summed E-state index contributed by atoms with van der Waals surface area (Å²) in [6.07, 6.45) is 0.310. The largest absolute Gasteiger partial charge is 0.496 e. The molecule has 3 nitrogen and oxygen atoms in total. The summed E-state index contributed by atoms with van der Waals surface area (Å²) >= 11 is 3.53. The van der Waals surface area contributed by atoms with Crippen LogP contribution in [0.25, 0.3) is 10.8 Å². The zero-order chi connectivity index (χ0) is 14.0. The first kappa shape index (κ1) is 13.9. The van der Waals surface area contributed by atoms with E-state index in [1.165, 1.54) is 0 Å². The Balaban J connectivity index is 2.86. The third-order valence-corrected chi connectivity index (χ3v) is 3.83. The van der Waals surface area contributed by atoms with Gasteiger partial charge in [-0.15, -0.1) is 0 Å². The van der Waals surface area contributed by atoms with Crippen molar-refractivity contribution < 1.29 is 14.3 Å². The molecule has 0 radical (unpaired) electrons. The maximum absolute atomic E-state index is 11.5. The number of hydrogen-bond acceptors (Lipinski definition) is 3. The molecular formula is C15H15BrO3. The lowest BCUT2D eigenvalue weighted by Crippen LogP contribution is -2.03. The van der Waals surface area contributed by atoms with Crippen molar-refractivity contribution in [2.24, 2.45) is 0 Å². The number of hydrogen-bond donors (Lipinski definition) is 0. The Morgan fingerprint density at radius 3 is 2.11 bits per heavy atom. The number of carbonyl (C=O) groups excluding carboxylic acids is 1. The zero-order valence-corrected chi connectivity index (χ0v) is 12.7. The standard InChI is InChI=1S/C15H15BrO3/c1-9(17)8-12-13(16)15(19-3)11-7-5-4-6-10(11)14(12)18-2/h4-7H,8H2,1-3H3. The lowest BCUT2D eigenvalue weighted by Gasteiger charge is -2.17. The fourth-order valence-corrected chi connectivity index (χ4v) is 2.93. The number of halogens is 1. The second kappa shape index (κ2) is 5.61. The normalized spacial score (nSPS) is 10.5. The molecule has 0 heterocycles. The van der Waals surface area contributed by atoms with E-state index in [1.54, 1.807) is 21.1 Å². The van der Waals surface area contributed by atoms with Crippen molar-refractivity contribution in [3.63, 3.8) is 0 Å². The minimum Gasteiger partial charge on any atom is -0.496 e. The molecule has 0 aliphatic carbocycles. The van der Waals surface area contributed by atoms with E-state index < -0.39 is 0 Å². The molecule has 19 heavy (non-hydrogen) atoms. The van der Waals surface area contributed by atoms with Crippen LogP contribution in [0.4, 0.5) is 0 Å². The Labute approximate surface area is 120 Å². The second-order valence-electron chi connectivity index (χ2n) is 4.28. The van der Waals surface area contributed by atoms with E-state index in [0.29, 0.717) is 6.42 Å². The molecule has 0 aliphatic rings. The maximum Gasteiger partial charge on any atom is 0.141 e. The number of carbonyl (C=O) groups is 1. The van der Waals surface area contributed by atoms with Gasteiger partial charge in [0.2, 0.25) is 0 Å². The van der Waals surface area contributed by atoms with Crippen LogP contribution in [-0.4, -0.2) is 20.0 Å². The molecule has 0 unspecified atom stereocenters. The topological polar surface area (TPSA) is 35.5 Å². The molecule has 0 bridgehead atoms. The summed E-state index contributed by atoms with van der Waals surface area (Å²) in [5.74, 6) is 1.53. The SMILES string of the molecule is COc1c(Br)c(CC(C)=O)c(OC)c2ccccc12. The van der Waals surface area contributed by atoms with E-state index >= 15 is 0 Å². The Morgan fingerprint density at radius 2 is 1.63 bits per heavy atom. The van der Waals surface area contributed by atoms with E-state index in [4.69, 9.17) is 9.47 Å². The van der Waals surface area contributed by atoms with Crippen LogP contribution in [0.3, 0.4) is 0 Å². The Hall–Kier alpha value is -1.55. The van der Waals surface area contributed by atoms with Crippen LogP contribution in [0.2, 0.25) is 0 Å². The summed E-state index contributed by atoms with van der Waals surface area (Å²) in [5.41, 5.74) is 0.825. The molecule has 0 atom stereocenters. The van der Waals surface area contributed by atoms with E-state index in [-0.39, 0.29) is 5.78 Å². The van der Waals surface area contributed by atoms with E-state index in [9.17, 15) is 4.79 Å². The monoisotopic (exact) mass is 322 g/mol. The van der Waals surface area contributed by atoms with E-state index in [1.807, 2.05) is 24.3 Å². The Morgan fingerprint density at radius 1 is 1.11 bits per heavy atom. The van der Waals surface area contributed by atoms with Gasteiger partial charge in [0.05, 0.1) is 18.7 Å². The van der Waals surface area contributed by atoms with Gasteiger partial charge in [-0.2, -0.15) is 0 Å². The van der Waals surface area contributed by atoms with Gasteiger partial charge in [0.25, 0.3) is 0 Å². The van der Waals surface area contributed by atoms with E-state index in [0.717, 1.165) is 32.3 Å². The van der Waals surface area contributed by atoms with Gasteiger partial charge in [0.15, 0.2) is 0 Å². The summed E-state index contributed by atoms with van der Waals surface area (Å²) in [7, 11) is 3.24. The highest BCUT2D eigenvalue weighted by Gasteiger charge is 2.19. The first-order valence-electron chi connectivity index (χ1n) is 5.90. The van der Waals surface area contributed by atoms with E-state index in [2.05, 4.69) is 15.9 Å². The van der Waals surface area contributed by atoms with Gasteiger partial charge in [0, 0.05) is 22.8 Å². The zero-order valence-electron chi connectivity index (χ0n) is 11.1. The summed E-state index contributed by atoms with van der Waals surface area (Å²) in [5, 5.41) is 1.90. The smallest absolute Gasteiger partial charge is 0.141 e. The van der Waals surface area contributed by atoms with Gasteiger partial charge >= 0.3 is 0 Å². The molecule has 4 heteroatoms. The number of benzene rings is 2. The third-order valence-electron chi connectivity index (χ3n) is 2.99. The predicted molar refractivity (Wildman–Crippen MR) is 79.1 cm³/mol. The minimum absolute atomic E-state index is 0.0799. The van der Waals surface area contributed by atoms with Crippen molar-refractivity contribution in [3.05, 3.63) is 34.3 Å². The number of methoxy groups -OCH3 is 2. The quantitative estimate of drug-likeness (QED) is 0.860. The summed E-state index contributed by atoms with van der Waals surface area (Å²) in [4.78, 5) is 11.5. The minimum atomic E-state index is 0.0799. The summed E-state index contributed by atoms with van der Waals surface area (Å²) in [6.45, 7) is 1.56. The first-order valence-corrected chi connectivity index (χ1v) is 6.70. The fourth-order valence-electron chi connectivity index (χ4n) is 2.24. The van der Waals surface area contributed by atoms with Crippen LogP contribution >= 0.6 is 15.9 Å². The van der Waals surface area contributed by atoms with Crippen LogP contribution in [0, 0.1) is 0 Å². The molecule has 0 fully saturated rings. The van der Waals surface area contributed by atoms with Crippen molar-refractivity contribution in [2.75, 3.05) is 14.2 Å². The number of rotatable bonds is 4. The molecular weight excluding hydrogens is 308 g/mol. The Bertz CT molecular complexity index is 635. The van der Waals surface area contributed by atoms with Crippen molar-refractivity contribution in [3.8, 4) is 11.5 Å². The number of ether oxygens (including phenoxy) is 2. The van der Waals surface area contributed by atoms with Crippen LogP contribution < -0.4 is 9.47 Å². The maximum atomic E-state index is 11.5. The van der Waals surface area contributed by atoms with Crippen LogP contribution in [-0.2, 0) is 11.2 Å². The molecule has 0 saturated heterocycles. The van der Waals surface area contributed by atoms with Gasteiger partial charge in [0.1, 0.15) is 17.3 Å². The van der Waals surface area contributed by atoms with Gasteiger partial charge in [-0.05, 0) is 22.9 Å². The summed E-state index contributed by atoms with van der Waals surface area (Å²) < 4.78 is 11.7. The molecule has 0 aliphatic heterocycles. The molecule has 0 saturated carbocycles. The molecule has 0 spiro atoms. The molecule has 2 aromatic rings. The first-order chi connectivity index (χ1) is 9.10. The van der Waals surface area contributed by atoms with Gasteiger partial charge in [-0.25, -0.2) is 0 Å². The predicted octanol–water partition coefficient (Wildman–Crippen LogP) is 3.75. The molecule has 2 aromatic carbocycles. The summed E-state index contributed by atoms with van der Waals surface area (Å²) in [6, 6.07) is 7.82. The molecule has 100 valence electrons. The third kappa shape index (κ3) is 2.45. The number of fused-ring (bicyclic) bond motifs is 1. The molecule has 2 rings (SSSR count). The number of Topliss-reactive ketones (excluding diaryl/α,β-unsaturated/α-hetero) is 1.